The molecule has 0 radical (unpaired) electrons. The first-order valence-electron chi connectivity index (χ1n) is 5.29. The third kappa shape index (κ3) is 2.63. The highest BCUT2D eigenvalue weighted by Gasteiger charge is 2.06. The highest BCUT2D eigenvalue weighted by Crippen LogP contribution is 2.06. The van der Waals surface area contributed by atoms with Crippen LogP contribution in [-0.4, -0.2) is 16.1 Å². The topological polar surface area (TPSA) is 83.8 Å². The molecule has 1 heterocycles. The molecule has 2 rings (SSSR count). The van der Waals surface area contributed by atoms with Gasteiger partial charge < -0.3 is 11.1 Å². The quantitative estimate of drug-likeness (QED) is 0.741. The molecule has 88 valence electrons. The van der Waals surface area contributed by atoms with Gasteiger partial charge in [0.15, 0.2) is 0 Å². The number of rotatable bonds is 3. The Labute approximate surface area is 99.0 Å². The van der Waals surface area contributed by atoms with E-state index >= 15 is 0 Å². The number of hydrogen-bond donors (Lipinski definition) is 3. The predicted molar refractivity (Wildman–Crippen MR) is 65.3 cm³/mol. The highest BCUT2D eigenvalue weighted by molar-refractivity contribution is 5.94. The summed E-state index contributed by atoms with van der Waals surface area (Å²) in [5.41, 5.74) is 8.16. The SMILES string of the molecule is Cc1ccc(C(=O)NCc2cn[nH]c2N)cc1. The van der Waals surface area contributed by atoms with Gasteiger partial charge in [-0.2, -0.15) is 5.10 Å². The fourth-order valence-electron chi connectivity index (χ4n) is 1.44. The molecule has 0 unspecified atom stereocenters. The number of aryl methyl sites for hydroxylation is 1. The number of aromatic amines is 1. The number of carbonyl (C=O) groups excluding carboxylic acids is 1. The van der Waals surface area contributed by atoms with E-state index in [2.05, 4.69) is 15.5 Å². The van der Waals surface area contributed by atoms with Crippen LogP contribution in [-0.2, 0) is 6.54 Å². The van der Waals surface area contributed by atoms with E-state index < -0.39 is 0 Å². The Morgan fingerprint density at radius 2 is 2.12 bits per heavy atom. The number of nitrogens with zero attached hydrogens (tertiary/aromatic N) is 1. The van der Waals surface area contributed by atoms with Crippen molar-refractivity contribution in [2.45, 2.75) is 13.5 Å². The van der Waals surface area contributed by atoms with Crippen LogP contribution >= 0.6 is 0 Å². The van der Waals surface area contributed by atoms with Crippen LogP contribution in [0.4, 0.5) is 5.82 Å². The van der Waals surface area contributed by atoms with E-state index in [1.54, 1.807) is 18.3 Å². The van der Waals surface area contributed by atoms with Crippen molar-refractivity contribution in [3.63, 3.8) is 0 Å². The van der Waals surface area contributed by atoms with Crippen LogP contribution in [0.5, 0.6) is 0 Å². The molecule has 0 saturated carbocycles. The lowest BCUT2D eigenvalue weighted by Gasteiger charge is -2.04. The average molecular weight is 230 g/mol. The fraction of sp³-hybridized carbons (Fsp3) is 0.167. The van der Waals surface area contributed by atoms with Crippen molar-refractivity contribution in [2.75, 3.05) is 5.73 Å². The third-order valence-electron chi connectivity index (χ3n) is 2.50. The average Bonchev–Trinajstić information content (AvgIpc) is 2.73. The molecule has 0 aliphatic carbocycles. The number of nitrogens with two attached hydrogens (primary N) is 1. The molecule has 1 amide bonds. The predicted octanol–water partition coefficient (Wildman–Crippen LogP) is 1.23. The summed E-state index contributed by atoms with van der Waals surface area (Å²) in [6.07, 6.45) is 1.60. The maximum atomic E-state index is 11.8. The minimum Gasteiger partial charge on any atom is -0.384 e. The first-order chi connectivity index (χ1) is 8.16. The normalized spacial score (nSPS) is 10.2. The molecule has 2 aromatic rings. The summed E-state index contributed by atoms with van der Waals surface area (Å²) in [5, 5.41) is 9.18. The van der Waals surface area contributed by atoms with Crippen molar-refractivity contribution in [1.29, 1.82) is 0 Å². The zero-order valence-electron chi connectivity index (χ0n) is 9.53. The monoisotopic (exact) mass is 230 g/mol. The van der Waals surface area contributed by atoms with Gasteiger partial charge in [0.2, 0.25) is 0 Å². The van der Waals surface area contributed by atoms with Gasteiger partial charge in [0.05, 0.1) is 6.20 Å². The van der Waals surface area contributed by atoms with E-state index in [4.69, 9.17) is 5.73 Å². The van der Waals surface area contributed by atoms with Crippen molar-refractivity contribution in [2.24, 2.45) is 0 Å². The van der Waals surface area contributed by atoms with Crippen molar-refractivity contribution < 1.29 is 4.79 Å². The molecule has 1 aromatic carbocycles. The molecule has 5 nitrogen and oxygen atoms in total. The van der Waals surface area contributed by atoms with Gasteiger partial charge in [-0.3, -0.25) is 9.89 Å². The number of benzene rings is 1. The molecule has 0 atom stereocenters. The Morgan fingerprint density at radius 3 is 2.71 bits per heavy atom. The summed E-state index contributed by atoms with van der Waals surface area (Å²) in [4.78, 5) is 11.8. The molecule has 0 spiro atoms. The van der Waals surface area contributed by atoms with Crippen LogP contribution in [0, 0.1) is 6.92 Å². The molecule has 17 heavy (non-hydrogen) atoms. The van der Waals surface area contributed by atoms with Gasteiger partial charge >= 0.3 is 0 Å². The van der Waals surface area contributed by atoms with Crippen LogP contribution < -0.4 is 11.1 Å². The molecular formula is C12H14N4O. The molecular weight excluding hydrogens is 216 g/mol. The van der Waals surface area contributed by atoms with Gasteiger partial charge in [-0.05, 0) is 19.1 Å². The van der Waals surface area contributed by atoms with Gasteiger partial charge in [0.25, 0.3) is 5.91 Å². The summed E-state index contributed by atoms with van der Waals surface area (Å²) >= 11 is 0. The van der Waals surface area contributed by atoms with Crippen LogP contribution in [0.15, 0.2) is 30.5 Å². The highest BCUT2D eigenvalue weighted by atomic mass is 16.1. The van der Waals surface area contributed by atoms with E-state index in [1.165, 1.54) is 0 Å². The van der Waals surface area contributed by atoms with Crippen molar-refractivity contribution in [3.8, 4) is 0 Å². The largest absolute Gasteiger partial charge is 0.384 e. The zero-order valence-corrected chi connectivity index (χ0v) is 9.53. The molecule has 4 N–H and O–H groups in total. The Hall–Kier alpha value is -2.30. The second-order valence-electron chi connectivity index (χ2n) is 3.86. The lowest BCUT2D eigenvalue weighted by molar-refractivity contribution is 0.0951. The number of nitrogen functional groups attached to an aromatic ring is 1. The second-order valence-corrected chi connectivity index (χ2v) is 3.86. The Bertz CT molecular complexity index is 516. The van der Waals surface area contributed by atoms with Gasteiger partial charge in [-0.15, -0.1) is 0 Å². The molecule has 0 fully saturated rings. The first-order valence-corrected chi connectivity index (χ1v) is 5.29. The van der Waals surface area contributed by atoms with Gasteiger partial charge in [0.1, 0.15) is 5.82 Å². The van der Waals surface area contributed by atoms with Crippen LogP contribution in [0.2, 0.25) is 0 Å². The summed E-state index contributed by atoms with van der Waals surface area (Å²) in [5.74, 6) is 0.361. The van der Waals surface area contributed by atoms with E-state index in [1.807, 2.05) is 19.1 Å². The lowest BCUT2D eigenvalue weighted by Crippen LogP contribution is -2.22. The minimum atomic E-state index is -0.120. The van der Waals surface area contributed by atoms with Crippen molar-refractivity contribution in [3.05, 3.63) is 47.2 Å². The molecule has 1 aromatic heterocycles. The van der Waals surface area contributed by atoms with Crippen molar-refractivity contribution >= 4 is 11.7 Å². The van der Waals surface area contributed by atoms with Gasteiger partial charge in [0, 0.05) is 17.7 Å². The second kappa shape index (κ2) is 4.69. The van der Waals surface area contributed by atoms with Crippen molar-refractivity contribution in [1.82, 2.24) is 15.5 Å². The maximum Gasteiger partial charge on any atom is 0.251 e. The maximum absolute atomic E-state index is 11.8. The first kappa shape index (κ1) is 11.2. The number of carbonyl (C=O) groups is 1. The summed E-state index contributed by atoms with van der Waals surface area (Å²) in [6.45, 7) is 2.35. The number of H-pyrrole nitrogens is 1. The lowest BCUT2D eigenvalue weighted by atomic mass is 10.1. The minimum absolute atomic E-state index is 0.120. The van der Waals surface area contributed by atoms with Gasteiger partial charge in [-0.1, -0.05) is 17.7 Å². The third-order valence-corrected chi connectivity index (χ3v) is 2.50. The number of nitrogens with one attached hydrogen (secondary N) is 2. The van der Waals surface area contributed by atoms with Crippen LogP contribution in [0.3, 0.4) is 0 Å². The van der Waals surface area contributed by atoms with Crippen LogP contribution in [0.25, 0.3) is 0 Å². The number of aromatic nitrogens is 2. The molecule has 0 saturated heterocycles. The number of hydrogen-bond acceptors (Lipinski definition) is 3. The molecule has 0 aliphatic rings. The summed E-state index contributed by atoms with van der Waals surface area (Å²) < 4.78 is 0. The summed E-state index contributed by atoms with van der Waals surface area (Å²) in [6, 6.07) is 7.40. The fourth-order valence-corrected chi connectivity index (χ4v) is 1.44. The number of amides is 1. The van der Waals surface area contributed by atoms with Crippen LogP contribution in [0.1, 0.15) is 21.5 Å². The zero-order chi connectivity index (χ0) is 12.3. The molecule has 0 aliphatic heterocycles. The summed E-state index contributed by atoms with van der Waals surface area (Å²) in [7, 11) is 0. The Morgan fingerprint density at radius 1 is 1.41 bits per heavy atom. The van der Waals surface area contributed by atoms with E-state index in [0.29, 0.717) is 17.9 Å². The Balaban J connectivity index is 1.98. The van der Waals surface area contributed by atoms with E-state index in [9.17, 15) is 4.79 Å². The van der Waals surface area contributed by atoms with E-state index in [-0.39, 0.29) is 5.91 Å². The number of anilines is 1. The smallest absolute Gasteiger partial charge is 0.251 e. The standard InChI is InChI=1S/C12H14N4O/c1-8-2-4-9(5-3-8)12(17)14-6-10-7-15-16-11(10)13/h2-5,7H,6H2,1H3,(H,14,17)(H3,13,15,16). The van der Waals surface area contributed by atoms with E-state index in [0.717, 1.165) is 11.1 Å². The van der Waals surface area contributed by atoms with Gasteiger partial charge in [-0.25, -0.2) is 0 Å². The molecule has 5 heteroatoms. The Kier molecular flexibility index (Phi) is 3.09. The molecule has 0 bridgehead atoms.